The van der Waals surface area contributed by atoms with Crippen molar-refractivity contribution in [2.45, 2.75) is 19.9 Å². The Morgan fingerprint density at radius 2 is 1.81 bits per heavy atom. The van der Waals surface area contributed by atoms with Crippen molar-refractivity contribution in [3.63, 3.8) is 0 Å². The summed E-state index contributed by atoms with van der Waals surface area (Å²) in [6.45, 7) is 2.89. The number of hydrogen-bond acceptors (Lipinski definition) is 5. The molecule has 2 aromatic heterocycles. The van der Waals surface area contributed by atoms with Crippen molar-refractivity contribution in [2.24, 2.45) is 0 Å². The van der Waals surface area contributed by atoms with Gasteiger partial charge < -0.3 is 23.8 Å². The number of aromatic nitrogens is 1. The molecule has 0 unspecified atom stereocenters. The van der Waals surface area contributed by atoms with Crippen LogP contribution in [0.1, 0.15) is 11.1 Å². The zero-order valence-electron chi connectivity index (χ0n) is 17.7. The Balaban J connectivity index is 1.43. The van der Waals surface area contributed by atoms with Gasteiger partial charge in [0.15, 0.2) is 0 Å². The highest BCUT2D eigenvalue weighted by molar-refractivity contribution is 5.85. The average molecular weight is 420 g/mol. The molecule has 0 aliphatic carbocycles. The minimum absolute atomic E-state index is 0.0280. The summed E-state index contributed by atoms with van der Waals surface area (Å²) in [4.78, 5) is 24.9. The van der Waals surface area contributed by atoms with Crippen molar-refractivity contribution >= 4 is 27.8 Å². The lowest BCUT2D eigenvalue weighted by Gasteiger charge is -2.10. The lowest BCUT2D eigenvalue weighted by molar-refractivity contribution is -0.120. The zero-order chi connectivity index (χ0) is 22.0. The fourth-order valence-electron chi connectivity index (χ4n) is 3.74. The molecule has 160 valence electrons. The minimum atomic E-state index is -0.501. The first-order chi connectivity index (χ1) is 15.0. The molecule has 1 N–H and O–H groups in total. The van der Waals surface area contributed by atoms with Crippen LogP contribution < -0.4 is 20.4 Å². The number of carbonyl (C=O) groups is 1. The highest BCUT2D eigenvalue weighted by Crippen LogP contribution is 2.24. The number of methoxy groups -OCH3 is 2. The molecular formula is C24H24N2O5. The van der Waals surface area contributed by atoms with Crippen LogP contribution in [0, 0.1) is 6.92 Å². The van der Waals surface area contributed by atoms with Gasteiger partial charge in [0.05, 0.1) is 26.2 Å². The molecule has 2 heterocycles. The van der Waals surface area contributed by atoms with Gasteiger partial charge in [0, 0.05) is 41.6 Å². The molecule has 4 rings (SSSR count). The molecule has 0 fully saturated rings. The second kappa shape index (κ2) is 8.55. The molecule has 4 aromatic rings. The van der Waals surface area contributed by atoms with Gasteiger partial charge >= 0.3 is 5.63 Å². The van der Waals surface area contributed by atoms with Gasteiger partial charge in [-0.05, 0) is 48.9 Å². The van der Waals surface area contributed by atoms with Crippen molar-refractivity contribution in [2.75, 3.05) is 20.8 Å². The van der Waals surface area contributed by atoms with E-state index in [2.05, 4.69) is 9.88 Å². The number of benzene rings is 2. The fraction of sp³-hybridized carbons (Fsp3) is 0.250. The Labute approximate surface area is 179 Å². The van der Waals surface area contributed by atoms with Gasteiger partial charge in [0.25, 0.3) is 0 Å². The van der Waals surface area contributed by atoms with Crippen LogP contribution in [-0.4, -0.2) is 31.2 Å². The normalized spacial score (nSPS) is 11.1. The average Bonchev–Trinajstić information content (AvgIpc) is 3.18. The van der Waals surface area contributed by atoms with Crippen LogP contribution in [0.4, 0.5) is 0 Å². The van der Waals surface area contributed by atoms with E-state index in [0.29, 0.717) is 30.0 Å². The number of nitrogens with zero attached hydrogens (tertiary/aromatic N) is 1. The van der Waals surface area contributed by atoms with Crippen molar-refractivity contribution in [3.05, 3.63) is 70.2 Å². The Bertz CT molecular complexity index is 1320. The topological polar surface area (TPSA) is 82.7 Å². The maximum atomic E-state index is 12.5. The molecule has 0 saturated heterocycles. The van der Waals surface area contributed by atoms with Crippen LogP contribution in [0.25, 0.3) is 21.9 Å². The summed E-state index contributed by atoms with van der Waals surface area (Å²) in [6.07, 6.45) is 1.95. The molecular weight excluding hydrogens is 396 g/mol. The third-order valence-electron chi connectivity index (χ3n) is 5.48. The molecule has 0 atom stereocenters. The van der Waals surface area contributed by atoms with E-state index in [1.54, 1.807) is 26.4 Å². The van der Waals surface area contributed by atoms with Gasteiger partial charge in [0.2, 0.25) is 5.91 Å². The molecule has 0 radical (unpaired) electrons. The van der Waals surface area contributed by atoms with Crippen LogP contribution in [0.5, 0.6) is 11.5 Å². The van der Waals surface area contributed by atoms with Gasteiger partial charge in [-0.2, -0.15) is 0 Å². The number of hydrogen-bond donors (Lipinski definition) is 1. The van der Waals surface area contributed by atoms with Gasteiger partial charge in [-0.3, -0.25) is 4.79 Å². The second-order valence-electron chi connectivity index (χ2n) is 7.32. The maximum absolute atomic E-state index is 12.5. The van der Waals surface area contributed by atoms with Crippen LogP contribution in [0.3, 0.4) is 0 Å². The first-order valence-electron chi connectivity index (χ1n) is 10.00. The molecule has 0 spiro atoms. The van der Waals surface area contributed by atoms with E-state index in [4.69, 9.17) is 13.9 Å². The maximum Gasteiger partial charge on any atom is 0.340 e. The van der Waals surface area contributed by atoms with Gasteiger partial charge in [-0.25, -0.2) is 4.79 Å². The standard InChI is InChI=1S/C24H24N2O5/c1-15-19-6-4-18(30-3)13-22(19)31-24(28)20(15)14-23(27)25-9-11-26-10-8-16-12-17(29-2)5-7-21(16)26/h4-8,10,12-13H,9,11,14H2,1-3H3,(H,25,27). The largest absolute Gasteiger partial charge is 0.497 e. The van der Waals surface area contributed by atoms with E-state index in [0.717, 1.165) is 27.6 Å². The predicted octanol–water partition coefficient (Wildman–Crippen LogP) is 3.43. The monoisotopic (exact) mass is 420 g/mol. The van der Waals surface area contributed by atoms with Gasteiger partial charge in [0.1, 0.15) is 17.1 Å². The number of rotatable bonds is 7. The van der Waals surface area contributed by atoms with Crippen LogP contribution in [0.15, 0.2) is 57.9 Å². The molecule has 0 aliphatic rings. The number of carbonyl (C=O) groups excluding carboxylic acids is 1. The number of aryl methyl sites for hydroxylation is 1. The summed E-state index contributed by atoms with van der Waals surface area (Å²) >= 11 is 0. The van der Waals surface area contributed by atoms with Crippen molar-refractivity contribution in [3.8, 4) is 11.5 Å². The van der Waals surface area contributed by atoms with E-state index < -0.39 is 5.63 Å². The summed E-state index contributed by atoms with van der Waals surface area (Å²) in [7, 11) is 3.20. The molecule has 7 heteroatoms. The van der Waals surface area contributed by atoms with E-state index in [-0.39, 0.29) is 12.3 Å². The van der Waals surface area contributed by atoms with Crippen LogP contribution in [-0.2, 0) is 17.8 Å². The molecule has 7 nitrogen and oxygen atoms in total. The van der Waals surface area contributed by atoms with Crippen LogP contribution >= 0.6 is 0 Å². The number of amides is 1. The van der Waals surface area contributed by atoms with Crippen molar-refractivity contribution in [1.29, 1.82) is 0 Å². The quantitative estimate of drug-likeness (QED) is 0.463. The van der Waals surface area contributed by atoms with Crippen molar-refractivity contribution < 1.29 is 18.7 Å². The van der Waals surface area contributed by atoms with E-state index in [9.17, 15) is 9.59 Å². The predicted molar refractivity (Wildman–Crippen MR) is 119 cm³/mol. The third-order valence-corrected chi connectivity index (χ3v) is 5.48. The summed E-state index contributed by atoms with van der Waals surface area (Å²) in [5, 5.41) is 4.76. The van der Waals surface area contributed by atoms with Gasteiger partial charge in [-0.1, -0.05) is 0 Å². The molecule has 0 saturated carbocycles. The van der Waals surface area contributed by atoms with Crippen LogP contribution in [0.2, 0.25) is 0 Å². The first-order valence-corrected chi connectivity index (χ1v) is 10.00. The lowest BCUT2D eigenvalue weighted by Crippen LogP contribution is -2.30. The second-order valence-corrected chi connectivity index (χ2v) is 7.32. The van der Waals surface area contributed by atoms with Crippen molar-refractivity contribution in [1.82, 2.24) is 9.88 Å². The highest BCUT2D eigenvalue weighted by atomic mass is 16.5. The summed E-state index contributed by atoms with van der Waals surface area (Å²) in [5.74, 6) is 1.19. The van der Waals surface area contributed by atoms with E-state index >= 15 is 0 Å². The SMILES string of the molecule is COc1ccc2c(ccn2CCNC(=O)Cc2c(C)c3ccc(OC)cc3oc2=O)c1. The fourth-order valence-corrected chi connectivity index (χ4v) is 3.74. The highest BCUT2D eigenvalue weighted by Gasteiger charge is 2.15. The molecule has 1 amide bonds. The number of nitrogens with one attached hydrogen (secondary N) is 1. The first kappa shape index (κ1) is 20.5. The summed E-state index contributed by atoms with van der Waals surface area (Å²) in [5.41, 5.74) is 2.13. The Hall–Kier alpha value is -3.74. The Morgan fingerprint density at radius 3 is 2.58 bits per heavy atom. The smallest absolute Gasteiger partial charge is 0.340 e. The Morgan fingerprint density at radius 1 is 1.06 bits per heavy atom. The third kappa shape index (κ3) is 4.12. The van der Waals surface area contributed by atoms with Gasteiger partial charge in [-0.15, -0.1) is 0 Å². The van der Waals surface area contributed by atoms with E-state index in [1.807, 2.05) is 43.5 Å². The zero-order valence-corrected chi connectivity index (χ0v) is 17.7. The number of fused-ring (bicyclic) bond motifs is 2. The molecule has 0 aliphatic heterocycles. The van der Waals surface area contributed by atoms with E-state index in [1.165, 1.54) is 0 Å². The Kier molecular flexibility index (Phi) is 5.66. The lowest BCUT2D eigenvalue weighted by atomic mass is 10.0. The number of ether oxygens (including phenoxy) is 2. The summed E-state index contributed by atoms with van der Waals surface area (Å²) < 4.78 is 17.9. The molecule has 2 aromatic carbocycles. The molecule has 31 heavy (non-hydrogen) atoms. The molecule has 0 bridgehead atoms. The summed E-state index contributed by atoms with van der Waals surface area (Å²) in [6, 6.07) is 13.2. The minimum Gasteiger partial charge on any atom is -0.497 e.